The Hall–Kier alpha value is -1.84. The molecule has 0 spiro atoms. The van der Waals surface area contributed by atoms with E-state index < -0.39 is 5.41 Å². The van der Waals surface area contributed by atoms with Gasteiger partial charge in [0.1, 0.15) is 0 Å². The molecule has 0 aliphatic heterocycles. The molecule has 0 aromatic heterocycles. The molecule has 0 fully saturated rings. The number of rotatable bonds is 4. The minimum Gasteiger partial charge on any atom is -0.354 e. The smallest absolute Gasteiger partial charge is 0.251 e. The maximum Gasteiger partial charge on any atom is 0.251 e. The van der Waals surface area contributed by atoms with Gasteiger partial charge in [-0.1, -0.05) is 53.7 Å². The fourth-order valence-electron chi connectivity index (χ4n) is 1.84. The van der Waals surface area contributed by atoms with Gasteiger partial charge in [-0.15, -0.1) is 0 Å². The van der Waals surface area contributed by atoms with Crippen molar-refractivity contribution >= 4 is 11.8 Å². The Labute approximate surface area is 133 Å². The quantitative estimate of drug-likeness (QED) is 0.840. The summed E-state index contributed by atoms with van der Waals surface area (Å²) in [7, 11) is 0. The van der Waals surface area contributed by atoms with Crippen LogP contribution in [0.5, 0.6) is 0 Å². The molecule has 1 aromatic carbocycles. The SMILES string of the molecule is CC(C)(C)C(=O)NCCNC(=O)c1ccc(C(C)(C)C)cc1. The van der Waals surface area contributed by atoms with E-state index in [0.717, 1.165) is 0 Å². The number of carbonyl (C=O) groups is 2. The van der Waals surface area contributed by atoms with E-state index in [4.69, 9.17) is 0 Å². The van der Waals surface area contributed by atoms with Crippen LogP contribution in [0.25, 0.3) is 0 Å². The molecule has 0 aliphatic carbocycles. The normalized spacial score (nSPS) is 11.9. The van der Waals surface area contributed by atoms with E-state index in [-0.39, 0.29) is 17.2 Å². The van der Waals surface area contributed by atoms with E-state index in [2.05, 4.69) is 31.4 Å². The highest BCUT2D eigenvalue weighted by Crippen LogP contribution is 2.22. The molecule has 0 radical (unpaired) electrons. The Balaban J connectivity index is 2.45. The van der Waals surface area contributed by atoms with Gasteiger partial charge in [0.25, 0.3) is 5.91 Å². The van der Waals surface area contributed by atoms with Crippen LogP contribution >= 0.6 is 0 Å². The Morgan fingerprint density at radius 3 is 1.82 bits per heavy atom. The lowest BCUT2D eigenvalue weighted by Gasteiger charge is -2.19. The molecule has 1 rings (SSSR count). The first-order chi connectivity index (χ1) is 10.0. The van der Waals surface area contributed by atoms with Gasteiger partial charge in [-0.2, -0.15) is 0 Å². The topological polar surface area (TPSA) is 58.2 Å². The van der Waals surface area contributed by atoms with Crippen molar-refractivity contribution in [1.82, 2.24) is 10.6 Å². The second kappa shape index (κ2) is 6.95. The number of carbonyl (C=O) groups excluding carboxylic acids is 2. The van der Waals surface area contributed by atoms with Gasteiger partial charge < -0.3 is 10.6 Å². The molecule has 0 atom stereocenters. The standard InChI is InChI=1S/C18H28N2O2/c1-17(2,3)14-9-7-13(8-10-14)15(21)19-11-12-20-16(22)18(4,5)6/h7-10H,11-12H2,1-6H3,(H,19,21)(H,20,22). The predicted molar refractivity (Wildman–Crippen MR) is 89.9 cm³/mol. The second-order valence-corrected chi connectivity index (χ2v) is 7.59. The summed E-state index contributed by atoms with van der Waals surface area (Å²) in [5, 5.41) is 5.62. The molecule has 2 amide bonds. The lowest BCUT2D eigenvalue weighted by atomic mass is 9.87. The summed E-state index contributed by atoms with van der Waals surface area (Å²) in [6.07, 6.45) is 0. The van der Waals surface area contributed by atoms with Crippen molar-refractivity contribution in [3.8, 4) is 0 Å². The first-order valence-electron chi connectivity index (χ1n) is 7.69. The predicted octanol–water partition coefficient (Wildman–Crippen LogP) is 2.88. The summed E-state index contributed by atoms with van der Waals surface area (Å²) >= 11 is 0. The first-order valence-corrected chi connectivity index (χ1v) is 7.69. The molecule has 0 heterocycles. The summed E-state index contributed by atoms with van der Waals surface area (Å²) in [6, 6.07) is 7.64. The number of hydrogen-bond donors (Lipinski definition) is 2. The van der Waals surface area contributed by atoms with Crippen molar-refractivity contribution in [2.45, 2.75) is 47.0 Å². The molecule has 0 bridgehead atoms. The number of amides is 2. The zero-order valence-electron chi connectivity index (χ0n) is 14.5. The van der Waals surface area contributed by atoms with Gasteiger partial charge in [0, 0.05) is 24.1 Å². The third-order valence-corrected chi connectivity index (χ3v) is 3.39. The van der Waals surface area contributed by atoms with E-state index in [1.807, 2.05) is 45.0 Å². The van der Waals surface area contributed by atoms with Crippen molar-refractivity contribution in [2.75, 3.05) is 13.1 Å². The van der Waals surface area contributed by atoms with Crippen molar-refractivity contribution in [1.29, 1.82) is 0 Å². The summed E-state index contributed by atoms with van der Waals surface area (Å²) in [5.74, 6) is -0.137. The fourth-order valence-corrected chi connectivity index (χ4v) is 1.84. The second-order valence-electron chi connectivity index (χ2n) is 7.59. The highest BCUT2D eigenvalue weighted by atomic mass is 16.2. The Kier molecular flexibility index (Phi) is 5.75. The van der Waals surface area contributed by atoms with Crippen molar-refractivity contribution < 1.29 is 9.59 Å². The summed E-state index contributed by atoms with van der Waals surface area (Å²) in [5.41, 5.74) is 1.50. The molecule has 4 heteroatoms. The van der Waals surface area contributed by atoms with Crippen LogP contribution < -0.4 is 10.6 Å². The van der Waals surface area contributed by atoms with Gasteiger partial charge in [-0.25, -0.2) is 0 Å². The summed E-state index contributed by atoms with van der Waals surface area (Å²) in [6.45, 7) is 12.8. The van der Waals surface area contributed by atoms with E-state index in [1.165, 1.54) is 5.56 Å². The minimum absolute atomic E-state index is 0.0173. The molecule has 0 unspecified atom stereocenters. The summed E-state index contributed by atoms with van der Waals surface area (Å²) in [4.78, 5) is 23.7. The highest BCUT2D eigenvalue weighted by molar-refractivity contribution is 5.94. The number of benzene rings is 1. The number of nitrogens with one attached hydrogen (secondary N) is 2. The van der Waals surface area contributed by atoms with E-state index in [0.29, 0.717) is 18.7 Å². The van der Waals surface area contributed by atoms with Crippen molar-refractivity contribution in [3.63, 3.8) is 0 Å². The van der Waals surface area contributed by atoms with Crippen LogP contribution in [-0.4, -0.2) is 24.9 Å². The van der Waals surface area contributed by atoms with Gasteiger partial charge >= 0.3 is 0 Å². The van der Waals surface area contributed by atoms with Gasteiger partial charge in [0.15, 0.2) is 0 Å². The molecular weight excluding hydrogens is 276 g/mol. The lowest BCUT2D eigenvalue weighted by molar-refractivity contribution is -0.128. The molecule has 4 nitrogen and oxygen atoms in total. The average Bonchev–Trinajstić information content (AvgIpc) is 2.41. The third-order valence-electron chi connectivity index (χ3n) is 3.39. The molecule has 0 saturated carbocycles. The van der Waals surface area contributed by atoms with E-state index >= 15 is 0 Å². The minimum atomic E-state index is -0.410. The first kappa shape index (κ1) is 18.2. The Bertz CT molecular complexity index is 520. The van der Waals surface area contributed by atoms with Crippen LogP contribution in [0.3, 0.4) is 0 Å². The van der Waals surface area contributed by atoms with Gasteiger partial charge in [-0.05, 0) is 23.1 Å². The average molecular weight is 304 g/mol. The maximum atomic E-state index is 12.0. The third kappa shape index (κ3) is 5.51. The molecule has 22 heavy (non-hydrogen) atoms. The van der Waals surface area contributed by atoms with Crippen molar-refractivity contribution in [2.24, 2.45) is 5.41 Å². The molecular formula is C18H28N2O2. The molecule has 2 N–H and O–H groups in total. The zero-order chi connectivity index (χ0) is 17.0. The van der Waals surface area contributed by atoms with Crippen LogP contribution in [-0.2, 0) is 10.2 Å². The molecule has 1 aromatic rings. The van der Waals surface area contributed by atoms with E-state index in [9.17, 15) is 9.59 Å². The monoisotopic (exact) mass is 304 g/mol. The van der Waals surface area contributed by atoms with Gasteiger partial charge in [0.2, 0.25) is 5.91 Å². The molecule has 0 saturated heterocycles. The van der Waals surface area contributed by atoms with Crippen LogP contribution in [0.2, 0.25) is 0 Å². The molecule has 122 valence electrons. The van der Waals surface area contributed by atoms with E-state index in [1.54, 1.807) is 0 Å². The summed E-state index contributed by atoms with van der Waals surface area (Å²) < 4.78 is 0. The van der Waals surface area contributed by atoms with Gasteiger partial charge in [0.05, 0.1) is 0 Å². The van der Waals surface area contributed by atoms with Gasteiger partial charge in [-0.3, -0.25) is 9.59 Å². The largest absolute Gasteiger partial charge is 0.354 e. The van der Waals surface area contributed by atoms with Crippen LogP contribution in [0.1, 0.15) is 57.5 Å². The molecule has 0 aliphatic rings. The fraction of sp³-hybridized carbons (Fsp3) is 0.556. The van der Waals surface area contributed by atoms with Crippen molar-refractivity contribution in [3.05, 3.63) is 35.4 Å². The Morgan fingerprint density at radius 1 is 0.864 bits per heavy atom. The number of hydrogen-bond acceptors (Lipinski definition) is 2. The maximum absolute atomic E-state index is 12.0. The zero-order valence-corrected chi connectivity index (χ0v) is 14.5. The Morgan fingerprint density at radius 2 is 1.36 bits per heavy atom. The van der Waals surface area contributed by atoms with Crippen LogP contribution in [0.4, 0.5) is 0 Å². The van der Waals surface area contributed by atoms with Crippen LogP contribution in [0.15, 0.2) is 24.3 Å². The highest BCUT2D eigenvalue weighted by Gasteiger charge is 2.20. The van der Waals surface area contributed by atoms with Crippen LogP contribution in [0, 0.1) is 5.41 Å². The lowest BCUT2D eigenvalue weighted by Crippen LogP contribution is -2.39.